The van der Waals surface area contributed by atoms with E-state index in [0.29, 0.717) is 11.6 Å². The van der Waals surface area contributed by atoms with Gasteiger partial charge in [-0.1, -0.05) is 18.2 Å². The van der Waals surface area contributed by atoms with Crippen molar-refractivity contribution in [2.45, 2.75) is 19.8 Å². The molecule has 5 heteroatoms. The van der Waals surface area contributed by atoms with Crippen LogP contribution in [0, 0.1) is 6.92 Å². The summed E-state index contributed by atoms with van der Waals surface area (Å²) in [5.74, 6) is 1.36. The summed E-state index contributed by atoms with van der Waals surface area (Å²) in [4.78, 5) is 15.9. The van der Waals surface area contributed by atoms with E-state index in [-0.39, 0.29) is 0 Å². The Morgan fingerprint density at radius 3 is 2.52 bits per heavy atom. The van der Waals surface area contributed by atoms with Crippen LogP contribution in [0.2, 0.25) is 0 Å². The number of oxazole rings is 1. The fourth-order valence-electron chi connectivity index (χ4n) is 2.71. The predicted molar refractivity (Wildman–Crippen MR) is 81.2 cm³/mol. The molecule has 1 aliphatic heterocycles. The average Bonchev–Trinajstić information content (AvgIpc) is 3.17. The van der Waals surface area contributed by atoms with E-state index in [1.807, 2.05) is 37.3 Å². The first-order chi connectivity index (χ1) is 10.3. The Hall–Kier alpha value is -2.43. The van der Waals surface area contributed by atoms with Gasteiger partial charge in [0.15, 0.2) is 5.52 Å². The molecular formula is C16H16N4O. The zero-order valence-corrected chi connectivity index (χ0v) is 11.9. The standard InChI is InChI=1S/C16H16N4O/c1-11-13-15(19-16(17-11)20-9-5-6-10-20)21-14(18-13)12-7-3-2-4-8-12/h2-4,7-8H,5-6,9-10H2,1H3. The highest BCUT2D eigenvalue weighted by molar-refractivity contribution is 5.76. The van der Waals surface area contributed by atoms with Crippen molar-refractivity contribution >= 4 is 17.2 Å². The second-order valence-electron chi connectivity index (χ2n) is 5.34. The molecule has 106 valence electrons. The topological polar surface area (TPSA) is 55.1 Å². The molecule has 21 heavy (non-hydrogen) atoms. The van der Waals surface area contributed by atoms with Crippen molar-refractivity contribution in [1.29, 1.82) is 0 Å². The normalized spacial score (nSPS) is 15.0. The van der Waals surface area contributed by atoms with E-state index in [1.165, 1.54) is 12.8 Å². The number of benzene rings is 1. The van der Waals surface area contributed by atoms with Gasteiger partial charge < -0.3 is 9.32 Å². The third kappa shape index (κ3) is 2.14. The van der Waals surface area contributed by atoms with Gasteiger partial charge in [0.1, 0.15) is 0 Å². The zero-order chi connectivity index (χ0) is 14.2. The maximum Gasteiger partial charge on any atom is 0.252 e. The van der Waals surface area contributed by atoms with Crippen LogP contribution < -0.4 is 4.90 Å². The summed E-state index contributed by atoms with van der Waals surface area (Å²) in [6, 6.07) is 9.88. The van der Waals surface area contributed by atoms with Crippen molar-refractivity contribution in [2.24, 2.45) is 0 Å². The maximum atomic E-state index is 5.85. The third-order valence-corrected chi connectivity index (χ3v) is 3.83. The van der Waals surface area contributed by atoms with Gasteiger partial charge in [-0.25, -0.2) is 9.97 Å². The van der Waals surface area contributed by atoms with Gasteiger partial charge in [-0.05, 0) is 31.9 Å². The lowest BCUT2D eigenvalue weighted by atomic mass is 10.2. The van der Waals surface area contributed by atoms with Crippen molar-refractivity contribution < 1.29 is 4.42 Å². The molecule has 0 spiro atoms. The van der Waals surface area contributed by atoms with Crippen LogP contribution in [0.25, 0.3) is 22.7 Å². The van der Waals surface area contributed by atoms with E-state index < -0.39 is 0 Å². The van der Waals surface area contributed by atoms with Crippen LogP contribution in [0.1, 0.15) is 18.5 Å². The van der Waals surface area contributed by atoms with Gasteiger partial charge in [-0.2, -0.15) is 4.98 Å². The quantitative estimate of drug-likeness (QED) is 0.721. The number of hydrogen-bond donors (Lipinski definition) is 0. The molecule has 0 atom stereocenters. The Kier molecular flexibility index (Phi) is 2.84. The molecule has 0 aliphatic carbocycles. The molecule has 5 nitrogen and oxygen atoms in total. The van der Waals surface area contributed by atoms with Crippen LogP contribution in [0.3, 0.4) is 0 Å². The number of aromatic nitrogens is 3. The SMILES string of the molecule is Cc1nc(N2CCCC2)nc2oc(-c3ccccc3)nc12. The Labute approximate surface area is 122 Å². The van der Waals surface area contributed by atoms with Crippen molar-refractivity contribution in [3.8, 4) is 11.5 Å². The van der Waals surface area contributed by atoms with Gasteiger partial charge in [-0.3, -0.25) is 0 Å². The fraction of sp³-hybridized carbons (Fsp3) is 0.312. The van der Waals surface area contributed by atoms with E-state index in [9.17, 15) is 0 Å². The minimum Gasteiger partial charge on any atom is -0.417 e. The highest BCUT2D eigenvalue weighted by Crippen LogP contribution is 2.26. The number of aryl methyl sites for hydroxylation is 1. The van der Waals surface area contributed by atoms with Crippen LogP contribution in [0.4, 0.5) is 5.95 Å². The molecule has 3 heterocycles. The van der Waals surface area contributed by atoms with E-state index >= 15 is 0 Å². The van der Waals surface area contributed by atoms with E-state index in [4.69, 9.17) is 4.42 Å². The van der Waals surface area contributed by atoms with E-state index in [2.05, 4.69) is 19.9 Å². The Bertz CT molecular complexity index is 776. The van der Waals surface area contributed by atoms with Crippen LogP contribution in [-0.4, -0.2) is 28.0 Å². The van der Waals surface area contributed by atoms with Crippen LogP contribution >= 0.6 is 0 Å². The predicted octanol–water partition coefficient (Wildman–Crippen LogP) is 3.19. The number of fused-ring (bicyclic) bond motifs is 1. The molecule has 0 amide bonds. The molecule has 2 aromatic heterocycles. The minimum atomic E-state index is 0.572. The summed E-state index contributed by atoms with van der Waals surface area (Å²) >= 11 is 0. The van der Waals surface area contributed by atoms with Crippen LogP contribution in [0.5, 0.6) is 0 Å². The lowest BCUT2D eigenvalue weighted by molar-refractivity contribution is 0.606. The second-order valence-corrected chi connectivity index (χ2v) is 5.34. The van der Waals surface area contributed by atoms with Crippen LogP contribution in [-0.2, 0) is 0 Å². The number of rotatable bonds is 2. The van der Waals surface area contributed by atoms with E-state index in [0.717, 1.165) is 35.8 Å². The van der Waals surface area contributed by atoms with Gasteiger partial charge in [0.25, 0.3) is 5.71 Å². The molecule has 0 bridgehead atoms. The molecule has 0 N–H and O–H groups in total. The first-order valence-corrected chi connectivity index (χ1v) is 7.27. The number of nitrogens with zero attached hydrogens (tertiary/aromatic N) is 4. The summed E-state index contributed by atoms with van der Waals surface area (Å²) in [7, 11) is 0. The molecular weight excluding hydrogens is 264 g/mol. The molecule has 0 saturated carbocycles. The second kappa shape index (κ2) is 4.84. The third-order valence-electron chi connectivity index (χ3n) is 3.83. The first-order valence-electron chi connectivity index (χ1n) is 7.27. The average molecular weight is 280 g/mol. The van der Waals surface area contributed by atoms with Gasteiger partial charge in [0.05, 0.1) is 5.69 Å². The highest BCUT2D eigenvalue weighted by Gasteiger charge is 2.19. The zero-order valence-electron chi connectivity index (χ0n) is 11.9. The first kappa shape index (κ1) is 12.3. The molecule has 1 saturated heterocycles. The Morgan fingerprint density at radius 1 is 1.00 bits per heavy atom. The Balaban J connectivity index is 1.82. The summed E-state index contributed by atoms with van der Waals surface area (Å²) in [6.45, 7) is 4.00. The molecule has 3 aromatic rings. The summed E-state index contributed by atoms with van der Waals surface area (Å²) < 4.78 is 5.85. The monoisotopic (exact) mass is 280 g/mol. The van der Waals surface area contributed by atoms with Crippen molar-refractivity contribution in [3.63, 3.8) is 0 Å². The van der Waals surface area contributed by atoms with Crippen molar-refractivity contribution in [3.05, 3.63) is 36.0 Å². The summed E-state index contributed by atoms with van der Waals surface area (Å²) in [5.41, 5.74) is 3.14. The highest BCUT2D eigenvalue weighted by atomic mass is 16.4. The number of hydrogen-bond acceptors (Lipinski definition) is 5. The van der Waals surface area contributed by atoms with Gasteiger partial charge >= 0.3 is 0 Å². The smallest absolute Gasteiger partial charge is 0.252 e. The van der Waals surface area contributed by atoms with Crippen molar-refractivity contribution in [1.82, 2.24) is 15.0 Å². The summed E-state index contributed by atoms with van der Waals surface area (Å²) in [5, 5.41) is 0. The van der Waals surface area contributed by atoms with Crippen molar-refractivity contribution in [2.75, 3.05) is 18.0 Å². The largest absolute Gasteiger partial charge is 0.417 e. The van der Waals surface area contributed by atoms with Gasteiger partial charge in [0, 0.05) is 18.7 Å². The minimum absolute atomic E-state index is 0.572. The molecule has 1 aromatic carbocycles. The Morgan fingerprint density at radius 2 is 1.76 bits per heavy atom. The van der Waals surface area contributed by atoms with E-state index in [1.54, 1.807) is 0 Å². The van der Waals surface area contributed by atoms with Crippen LogP contribution in [0.15, 0.2) is 34.7 Å². The fourth-order valence-corrected chi connectivity index (χ4v) is 2.71. The number of anilines is 1. The molecule has 1 aliphatic rings. The molecule has 0 radical (unpaired) electrons. The maximum absolute atomic E-state index is 5.85. The van der Waals surface area contributed by atoms with Gasteiger partial charge in [-0.15, -0.1) is 0 Å². The lowest BCUT2D eigenvalue weighted by Gasteiger charge is -2.14. The molecule has 4 rings (SSSR count). The lowest BCUT2D eigenvalue weighted by Crippen LogP contribution is -2.20. The molecule has 1 fully saturated rings. The molecule has 0 unspecified atom stereocenters. The summed E-state index contributed by atoms with van der Waals surface area (Å²) in [6.07, 6.45) is 2.40. The van der Waals surface area contributed by atoms with Gasteiger partial charge in [0.2, 0.25) is 11.8 Å².